The number of ether oxygens (including phenoxy) is 2. The van der Waals surface area contributed by atoms with Crippen LogP contribution in [-0.4, -0.2) is 41.3 Å². The highest BCUT2D eigenvalue weighted by Gasteiger charge is 2.26. The van der Waals surface area contributed by atoms with Crippen molar-refractivity contribution in [2.75, 3.05) is 26.4 Å². The fourth-order valence-electron chi connectivity index (χ4n) is 4.91. The second-order valence-corrected chi connectivity index (χ2v) is 10.6. The van der Waals surface area contributed by atoms with Gasteiger partial charge in [-0.2, -0.15) is 0 Å². The Labute approximate surface area is 210 Å². The van der Waals surface area contributed by atoms with Crippen LogP contribution in [0.2, 0.25) is 0 Å². The molecule has 2 heterocycles. The number of fused-ring (bicyclic) bond motifs is 2. The molecule has 5 heteroatoms. The number of aromatic nitrogens is 2. The van der Waals surface area contributed by atoms with Gasteiger partial charge in [0.2, 0.25) is 6.79 Å². The number of nitrogens with zero attached hydrogens (tertiary/aromatic N) is 3. The number of unbranched alkanes of at least 4 members (excludes halogenated alkanes) is 2. The molecule has 1 aliphatic rings. The van der Waals surface area contributed by atoms with E-state index >= 15 is 0 Å². The summed E-state index contributed by atoms with van der Waals surface area (Å²) in [6, 6.07) is 12.7. The second kappa shape index (κ2) is 10.9. The molecule has 35 heavy (non-hydrogen) atoms. The van der Waals surface area contributed by atoms with Crippen molar-refractivity contribution >= 4 is 10.9 Å². The van der Waals surface area contributed by atoms with Gasteiger partial charge in [-0.05, 0) is 67.9 Å². The maximum absolute atomic E-state index is 5.61. The maximum Gasteiger partial charge on any atom is 0.231 e. The molecule has 0 spiro atoms. The van der Waals surface area contributed by atoms with E-state index in [0.29, 0.717) is 0 Å². The molecular weight excluding hydrogens is 434 g/mol. The number of hydrogen-bond acceptors (Lipinski definition) is 5. The van der Waals surface area contributed by atoms with Crippen LogP contribution in [0.25, 0.3) is 22.0 Å². The second-order valence-electron chi connectivity index (χ2n) is 10.6. The third-order valence-corrected chi connectivity index (χ3v) is 7.25. The van der Waals surface area contributed by atoms with Gasteiger partial charge in [-0.1, -0.05) is 66.5 Å². The van der Waals surface area contributed by atoms with Crippen LogP contribution in [0.5, 0.6) is 11.5 Å². The summed E-state index contributed by atoms with van der Waals surface area (Å²) < 4.78 is 11.1. The van der Waals surface area contributed by atoms with Crippen LogP contribution in [0.4, 0.5) is 0 Å². The van der Waals surface area contributed by atoms with E-state index in [-0.39, 0.29) is 18.1 Å². The minimum atomic E-state index is -0.0342. The van der Waals surface area contributed by atoms with Crippen LogP contribution in [0.1, 0.15) is 84.7 Å². The van der Waals surface area contributed by atoms with Crippen molar-refractivity contribution in [2.45, 2.75) is 78.6 Å². The van der Waals surface area contributed by atoms with Crippen molar-refractivity contribution in [3.63, 3.8) is 0 Å². The Morgan fingerprint density at radius 1 is 0.886 bits per heavy atom. The van der Waals surface area contributed by atoms with Crippen LogP contribution in [0, 0.1) is 0 Å². The predicted molar refractivity (Wildman–Crippen MR) is 144 cm³/mol. The first-order valence-electron chi connectivity index (χ1n) is 13.3. The molecule has 2 aromatic carbocycles. The first-order chi connectivity index (χ1) is 16.8. The minimum absolute atomic E-state index is 0.0342. The summed E-state index contributed by atoms with van der Waals surface area (Å²) in [5.41, 5.74) is 4.42. The Balaban J connectivity index is 1.62. The third-order valence-electron chi connectivity index (χ3n) is 7.25. The summed E-state index contributed by atoms with van der Waals surface area (Å²) in [5.74, 6) is 2.83. The normalized spacial score (nSPS) is 13.4. The summed E-state index contributed by atoms with van der Waals surface area (Å²) in [4.78, 5) is 12.6. The SMILES string of the molecule is CCN(CC)CCCCCC(C)(C)c1nc(C(C)C)nc2ccc(-c3ccc4c(c3)OCO4)cc12. The van der Waals surface area contributed by atoms with E-state index in [9.17, 15) is 0 Å². The van der Waals surface area contributed by atoms with Gasteiger partial charge in [-0.15, -0.1) is 0 Å². The average Bonchev–Trinajstić information content (AvgIpc) is 3.33. The van der Waals surface area contributed by atoms with Crippen LogP contribution in [-0.2, 0) is 5.41 Å². The van der Waals surface area contributed by atoms with Crippen LogP contribution >= 0.6 is 0 Å². The molecular formula is C30H41N3O2. The molecule has 188 valence electrons. The van der Waals surface area contributed by atoms with Crippen LogP contribution in [0.15, 0.2) is 36.4 Å². The summed E-state index contributed by atoms with van der Waals surface area (Å²) in [5, 5.41) is 1.15. The van der Waals surface area contributed by atoms with Crippen molar-refractivity contribution in [3.05, 3.63) is 47.9 Å². The van der Waals surface area contributed by atoms with E-state index in [2.05, 4.69) is 76.8 Å². The van der Waals surface area contributed by atoms with E-state index in [1.54, 1.807) is 0 Å². The fraction of sp³-hybridized carbons (Fsp3) is 0.533. The Hall–Kier alpha value is -2.66. The summed E-state index contributed by atoms with van der Waals surface area (Å²) in [6.45, 7) is 17.3. The van der Waals surface area contributed by atoms with Crippen molar-refractivity contribution in [1.82, 2.24) is 14.9 Å². The third kappa shape index (κ3) is 5.78. The number of benzene rings is 2. The van der Waals surface area contributed by atoms with Gasteiger partial charge in [0.05, 0.1) is 11.2 Å². The molecule has 0 radical (unpaired) electrons. The highest BCUT2D eigenvalue weighted by molar-refractivity contribution is 5.87. The van der Waals surface area contributed by atoms with Gasteiger partial charge < -0.3 is 14.4 Å². The molecule has 1 aromatic heterocycles. The van der Waals surface area contributed by atoms with Gasteiger partial charge in [-0.3, -0.25) is 0 Å². The zero-order valence-corrected chi connectivity index (χ0v) is 22.4. The van der Waals surface area contributed by atoms with E-state index in [1.165, 1.54) is 25.8 Å². The van der Waals surface area contributed by atoms with Gasteiger partial charge >= 0.3 is 0 Å². The smallest absolute Gasteiger partial charge is 0.231 e. The highest BCUT2D eigenvalue weighted by Crippen LogP contribution is 2.38. The molecule has 0 saturated heterocycles. The molecule has 0 unspecified atom stereocenters. The molecule has 3 aromatic rings. The molecule has 0 aliphatic carbocycles. The van der Waals surface area contributed by atoms with E-state index in [1.807, 2.05) is 6.07 Å². The molecule has 0 bridgehead atoms. The molecule has 0 fully saturated rings. The van der Waals surface area contributed by atoms with Crippen molar-refractivity contribution in [2.24, 2.45) is 0 Å². The monoisotopic (exact) mass is 475 g/mol. The molecule has 5 nitrogen and oxygen atoms in total. The lowest BCUT2D eigenvalue weighted by Gasteiger charge is -2.27. The van der Waals surface area contributed by atoms with Gasteiger partial charge in [0.25, 0.3) is 0 Å². The standard InChI is InChI=1S/C30H41N3O2/c1-7-33(8-2)17-11-9-10-16-30(5,6)28-24-18-22(12-14-25(24)31-29(32-28)21(3)4)23-13-15-26-27(19-23)35-20-34-26/h12-15,18-19,21H,7-11,16-17,20H2,1-6H3. The highest BCUT2D eigenvalue weighted by atomic mass is 16.7. The quantitative estimate of drug-likeness (QED) is 0.272. The van der Waals surface area contributed by atoms with E-state index < -0.39 is 0 Å². The topological polar surface area (TPSA) is 47.5 Å². The van der Waals surface area contributed by atoms with Crippen LogP contribution < -0.4 is 9.47 Å². The summed E-state index contributed by atoms with van der Waals surface area (Å²) >= 11 is 0. The lowest BCUT2D eigenvalue weighted by Crippen LogP contribution is -2.24. The van der Waals surface area contributed by atoms with Gasteiger partial charge in [0, 0.05) is 16.7 Å². The number of rotatable bonds is 11. The lowest BCUT2D eigenvalue weighted by atomic mass is 9.81. The van der Waals surface area contributed by atoms with E-state index in [4.69, 9.17) is 19.4 Å². The minimum Gasteiger partial charge on any atom is -0.454 e. The average molecular weight is 476 g/mol. The fourth-order valence-corrected chi connectivity index (χ4v) is 4.91. The first kappa shape index (κ1) is 25.4. The molecule has 0 atom stereocenters. The molecule has 4 rings (SSSR count). The van der Waals surface area contributed by atoms with Crippen LogP contribution in [0.3, 0.4) is 0 Å². The molecule has 1 aliphatic heterocycles. The van der Waals surface area contributed by atoms with Crippen molar-refractivity contribution < 1.29 is 9.47 Å². The Kier molecular flexibility index (Phi) is 7.95. The largest absolute Gasteiger partial charge is 0.454 e. The van der Waals surface area contributed by atoms with Crippen molar-refractivity contribution in [3.8, 4) is 22.6 Å². The maximum atomic E-state index is 5.61. The van der Waals surface area contributed by atoms with Gasteiger partial charge in [0.1, 0.15) is 5.82 Å². The van der Waals surface area contributed by atoms with E-state index in [0.717, 1.165) is 64.6 Å². The Morgan fingerprint density at radius 2 is 1.60 bits per heavy atom. The summed E-state index contributed by atoms with van der Waals surface area (Å²) in [6.07, 6.45) is 4.83. The molecule has 0 saturated carbocycles. The predicted octanol–water partition coefficient (Wildman–Crippen LogP) is 7.33. The first-order valence-corrected chi connectivity index (χ1v) is 13.3. The van der Waals surface area contributed by atoms with Crippen molar-refractivity contribution in [1.29, 1.82) is 0 Å². The molecule has 0 N–H and O–H groups in total. The zero-order chi connectivity index (χ0) is 25.0. The Bertz CT molecular complexity index is 1150. The van der Waals surface area contributed by atoms with Gasteiger partial charge in [-0.25, -0.2) is 9.97 Å². The van der Waals surface area contributed by atoms with Gasteiger partial charge in [0.15, 0.2) is 11.5 Å². The lowest BCUT2D eigenvalue weighted by molar-refractivity contribution is 0.174. The Morgan fingerprint density at radius 3 is 2.34 bits per heavy atom. The zero-order valence-electron chi connectivity index (χ0n) is 22.4. The number of hydrogen-bond donors (Lipinski definition) is 0. The summed E-state index contributed by atoms with van der Waals surface area (Å²) in [7, 11) is 0. The molecule has 0 amide bonds.